The highest BCUT2D eigenvalue weighted by molar-refractivity contribution is 7.92. The molecule has 0 aliphatic carbocycles. The molecule has 22 heavy (non-hydrogen) atoms. The third-order valence-corrected chi connectivity index (χ3v) is 4.43. The molecule has 7 nitrogen and oxygen atoms in total. The average molecular weight is 323 g/mol. The van der Waals surface area contributed by atoms with Gasteiger partial charge in [0, 0.05) is 6.20 Å². The average Bonchev–Trinajstić information content (AvgIpc) is 2.36. The van der Waals surface area contributed by atoms with E-state index < -0.39 is 26.2 Å². The molecular weight excluding hydrogens is 306 g/mol. The van der Waals surface area contributed by atoms with Gasteiger partial charge in [0.25, 0.3) is 15.6 Å². The van der Waals surface area contributed by atoms with Gasteiger partial charge in [0.1, 0.15) is 0 Å². The first-order valence-corrected chi connectivity index (χ1v) is 8.04. The Morgan fingerprint density at radius 3 is 2.32 bits per heavy atom. The number of aromatic nitrogens is 2. The molecule has 0 radical (unpaired) electrons. The van der Waals surface area contributed by atoms with Crippen molar-refractivity contribution in [1.82, 2.24) is 9.97 Å². The largest absolute Gasteiger partial charge is 0.325 e. The fourth-order valence-corrected chi connectivity index (χ4v) is 3.11. The van der Waals surface area contributed by atoms with E-state index in [-0.39, 0.29) is 5.41 Å². The SMILES string of the molecule is CC(C)(C)c1ccccc1NS(=O)(=O)c1c[nH]c(=O)[nH]c1=O. The topological polar surface area (TPSA) is 112 Å². The second-order valence-corrected chi connectivity index (χ2v) is 7.49. The lowest BCUT2D eigenvalue weighted by Crippen LogP contribution is -2.29. The molecule has 0 amide bonds. The van der Waals surface area contributed by atoms with Crippen molar-refractivity contribution in [2.75, 3.05) is 4.72 Å². The van der Waals surface area contributed by atoms with Crippen LogP contribution >= 0.6 is 0 Å². The highest BCUT2D eigenvalue weighted by Gasteiger charge is 2.23. The summed E-state index contributed by atoms with van der Waals surface area (Å²) in [4.78, 5) is 26.1. The summed E-state index contributed by atoms with van der Waals surface area (Å²) in [7, 11) is -4.11. The van der Waals surface area contributed by atoms with Gasteiger partial charge < -0.3 is 4.98 Å². The van der Waals surface area contributed by atoms with E-state index in [0.29, 0.717) is 5.69 Å². The van der Waals surface area contributed by atoms with Gasteiger partial charge in [-0.1, -0.05) is 39.0 Å². The highest BCUT2D eigenvalue weighted by atomic mass is 32.2. The van der Waals surface area contributed by atoms with Gasteiger partial charge in [0.05, 0.1) is 5.69 Å². The monoisotopic (exact) mass is 323 g/mol. The lowest BCUT2D eigenvalue weighted by molar-refractivity contribution is 0.589. The first-order chi connectivity index (χ1) is 10.1. The molecule has 0 aliphatic heterocycles. The van der Waals surface area contributed by atoms with E-state index in [4.69, 9.17) is 0 Å². The molecular formula is C14H17N3O4S. The molecule has 0 aliphatic rings. The van der Waals surface area contributed by atoms with Crippen LogP contribution in [-0.2, 0) is 15.4 Å². The minimum absolute atomic E-state index is 0.281. The molecule has 0 fully saturated rings. The van der Waals surface area contributed by atoms with Crippen molar-refractivity contribution in [3.63, 3.8) is 0 Å². The zero-order valence-electron chi connectivity index (χ0n) is 12.4. The first kappa shape index (κ1) is 16.0. The zero-order valence-corrected chi connectivity index (χ0v) is 13.2. The number of benzene rings is 1. The maximum absolute atomic E-state index is 12.4. The van der Waals surface area contributed by atoms with Crippen molar-refractivity contribution in [1.29, 1.82) is 0 Å². The number of para-hydroxylation sites is 1. The van der Waals surface area contributed by atoms with Crippen LogP contribution in [0, 0.1) is 0 Å². The number of aromatic amines is 2. The summed E-state index contributed by atoms with van der Waals surface area (Å²) in [5.41, 5.74) is -0.833. The van der Waals surface area contributed by atoms with E-state index in [1.54, 1.807) is 12.1 Å². The van der Waals surface area contributed by atoms with Gasteiger partial charge >= 0.3 is 5.69 Å². The molecule has 1 heterocycles. The molecule has 118 valence electrons. The Bertz CT molecular complexity index is 904. The zero-order chi connectivity index (χ0) is 16.5. The van der Waals surface area contributed by atoms with Gasteiger partial charge in [-0.15, -0.1) is 0 Å². The van der Waals surface area contributed by atoms with E-state index in [2.05, 4.69) is 9.71 Å². The van der Waals surface area contributed by atoms with Crippen LogP contribution in [0.15, 0.2) is 44.9 Å². The van der Waals surface area contributed by atoms with Crippen molar-refractivity contribution in [2.24, 2.45) is 0 Å². The maximum Gasteiger partial charge on any atom is 0.325 e. The van der Waals surface area contributed by atoms with E-state index in [1.807, 2.05) is 37.9 Å². The first-order valence-electron chi connectivity index (χ1n) is 6.55. The van der Waals surface area contributed by atoms with Gasteiger partial charge in [-0.2, -0.15) is 0 Å². The standard InChI is InChI=1S/C14H17N3O4S/c1-14(2,3)9-6-4-5-7-10(9)17-22(20,21)11-8-15-13(19)16-12(11)18/h4-8,17H,1-3H3,(H2,15,16,18,19). The number of rotatable bonds is 3. The summed E-state index contributed by atoms with van der Waals surface area (Å²) in [5, 5.41) is 0. The Morgan fingerprint density at radius 2 is 1.73 bits per heavy atom. The fourth-order valence-electron chi connectivity index (χ4n) is 2.02. The number of sulfonamides is 1. The highest BCUT2D eigenvalue weighted by Crippen LogP contribution is 2.30. The summed E-state index contributed by atoms with van der Waals surface area (Å²) in [5.74, 6) is 0. The Hall–Kier alpha value is -2.35. The van der Waals surface area contributed by atoms with E-state index >= 15 is 0 Å². The molecule has 0 saturated heterocycles. The minimum atomic E-state index is -4.11. The van der Waals surface area contributed by atoms with Gasteiger partial charge in [-0.05, 0) is 17.0 Å². The summed E-state index contributed by atoms with van der Waals surface area (Å²) in [6.45, 7) is 5.85. The van der Waals surface area contributed by atoms with Crippen molar-refractivity contribution in [3.05, 3.63) is 56.9 Å². The second kappa shape index (κ2) is 5.45. The van der Waals surface area contributed by atoms with E-state index in [0.717, 1.165) is 11.8 Å². The van der Waals surface area contributed by atoms with Gasteiger partial charge in [0.15, 0.2) is 4.90 Å². The minimum Gasteiger partial charge on any atom is -0.313 e. The van der Waals surface area contributed by atoms with E-state index in [1.165, 1.54) is 0 Å². The van der Waals surface area contributed by atoms with Gasteiger partial charge in [0.2, 0.25) is 0 Å². The van der Waals surface area contributed by atoms with Crippen molar-refractivity contribution >= 4 is 15.7 Å². The van der Waals surface area contributed by atoms with Gasteiger partial charge in [-0.3, -0.25) is 14.5 Å². The normalized spacial score (nSPS) is 12.1. The van der Waals surface area contributed by atoms with Crippen LogP contribution in [0.1, 0.15) is 26.3 Å². The molecule has 2 rings (SSSR count). The van der Waals surface area contributed by atoms with Crippen molar-refractivity contribution < 1.29 is 8.42 Å². The number of nitrogens with one attached hydrogen (secondary N) is 3. The third kappa shape index (κ3) is 3.28. The lowest BCUT2D eigenvalue weighted by Gasteiger charge is -2.23. The fraction of sp³-hybridized carbons (Fsp3) is 0.286. The third-order valence-electron chi connectivity index (χ3n) is 3.05. The van der Waals surface area contributed by atoms with Crippen LogP contribution < -0.4 is 16.0 Å². The number of H-pyrrole nitrogens is 2. The molecule has 1 aromatic heterocycles. The summed E-state index contributed by atoms with van der Waals surface area (Å²) >= 11 is 0. The number of hydrogen-bond donors (Lipinski definition) is 3. The van der Waals surface area contributed by atoms with Crippen LogP contribution in [-0.4, -0.2) is 18.4 Å². The molecule has 0 bridgehead atoms. The molecule has 0 spiro atoms. The van der Waals surface area contributed by atoms with Crippen molar-refractivity contribution in [3.8, 4) is 0 Å². The van der Waals surface area contributed by atoms with Gasteiger partial charge in [-0.25, -0.2) is 13.2 Å². The summed E-state index contributed by atoms with van der Waals surface area (Å²) in [6, 6.07) is 6.95. The van der Waals surface area contributed by atoms with Crippen LogP contribution in [0.25, 0.3) is 0 Å². The lowest BCUT2D eigenvalue weighted by atomic mass is 9.86. The predicted octanol–water partition coefficient (Wildman–Crippen LogP) is 1.16. The number of hydrogen-bond acceptors (Lipinski definition) is 4. The Morgan fingerprint density at radius 1 is 1.09 bits per heavy atom. The molecule has 8 heteroatoms. The summed E-state index contributed by atoms with van der Waals surface area (Å²) in [6.07, 6.45) is 0.878. The smallest absolute Gasteiger partial charge is 0.313 e. The molecule has 0 saturated carbocycles. The molecule has 2 aromatic rings. The Labute approximate surface area is 127 Å². The number of anilines is 1. The second-order valence-electron chi connectivity index (χ2n) is 5.84. The molecule has 0 atom stereocenters. The molecule has 0 unspecified atom stereocenters. The van der Waals surface area contributed by atoms with Crippen molar-refractivity contribution in [2.45, 2.75) is 31.1 Å². The molecule has 1 aromatic carbocycles. The van der Waals surface area contributed by atoms with Crippen LogP contribution in [0.5, 0.6) is 0 Å². The van der Waals surface area contributed by atoms with Crippen LogP contribution in [0.3, 0.4) is 0 Å². The predicted molar refractivity (Wildman–Crippen MR) is 83.6 cm³/mol. The van der Waals surface area contributed by atoms with E-state index in [9.17, 15) is 18.0 Å². The Kier molecular flexibility index (Phi) is 3.97. The maximum atomic E-state index is 12.4. The summed E-state index contributed by atoms with van der Waals surface area (Å²) < 4.78 is 27.1. The molecule has 3 N–H and O–H groups in total. The van der Waals surface area contributed by atoms with Crippen LogP contribution in [0.4, 0.5) is 5.69 Å². The van der Waals surface area contributed by atoms with Crippen LogP contribution in [0.2, 0.25) is 0 Å². The Balaban J connectivity index is 2.51. The quantitative estimate of drug-likeness (QED) is 0.787.